The number of hydrogen-bond donors (Lipinski definition) is 3. The number of sulfonamides is 1. The molecule has 0 bridgehead atoms. The van der Waals surface area contributed by atoms with E-state index < -0.39 is 15.9 Å². The van der Waals surface area contributed by atoms with Crippen molar-refractivity contribution in [2.75, 3.05) is 15.4 Å². The average molecular weight is 458 g/mol. The van der Waals surface area contributed by atoms with Gasteiger partial charge in [-0.1, -0.05) is 17.7 Å². The fraction of sp³-hybridized carbons (Fsp3) is 0.0909. The molecule has 0 aliphatic heterocycles. The molecule has 31 heavy (non-hydrogen) atoms. The molecule has 0 saturated heterocycles. The van der Waals surface area contributed by atoms with Crippen LogP contribution in [-0.4, -0.2) is 20.2 Å². The molecule has 0 aliphatic carbocycles. The van der Waals surface area contributed by atoms with Crippen molar-refractivity contribution < 1.29 is 18.0 Å². The number of benzene rings is 3. The highest BCUT2D eigenvalue weighted by Crippen LogP contribution is 2.24. The van der Waals surface area contributed by atoms with Crippen molar-refractivity contribution in [1.82, 2.24) is 0 Å². The molecule has 160 valence electrons. The van der Waals surface area contributed by atoms with Gasteiger partial charge in [0.05, 0.1) is 4.90 Å². The Morgan fingerprint density at radius 3 is 2.00 bits per heavy atom. The maximum atomic E-state index is 12.8. The summed E-state index contributed by atoms with van der Waals surface area (Å²) in [4.78, 5) is 23.7. The number of nitrogens with one attached hydrogen (secondary N) is 3. The largest absolute Gasteiger partial charge is 0.326 e. The van der Waals surface area contributed by atoms with Crippen LogP contribution in [0.4, 0.5) is 17.1 Å². The fourth-order valence-corrected chi connectivity index (χ4v) is 4.26. The van der Waals surface area contributed by atoms with E-state index in [2.05, 4.69) is 15.4 Å². The SMILES string of the molecule is CC(=O)Nc1ccc(C(=O)Nc2ccc(C)c(S(=O)(=O)Nc3ccc(Cl)cc3)c2)cc1. The molecule has 3 rings (SSSR count). The maximum Gasteiger partial charge on any atom is 0.262 e. The number of rotatable bonds is 6. The number of anilines is 3. The second-order valence-electron chi connectivity index (χ2n) is 6.81. The minimum absolute atomic E-state index is 0.0428. The maximum absolute atomic E-state index is 12.8. The van der Waals surface area contributed by atoms with E-state index in [1.807, 2.05) is 0 Å². The lowest BCUT2D eigenvalue weighted by Crippen LogP contribution is -2.16. The predicted molar refractivity (Wildman–Crippen MR) is 122 cm³/mol. The van der Waals surface area contributed by atoms with Crippen LogP contribution in [0, 0.1) is 6.92 Å². The third-order valence-corrected chi connectivity index (χ3v) is 6.07. The monoisotopic (exact) mass is 457 g/mol. The summed E-state index contributed by atoms with van der Waals surface area (Å²) >= 11 is 5.84. The Morgan fingerprint density at radius 2 is 1.39 bits per heavy atom. The first-order valence-corrected chi connectivity index (χ1v) is 11.1. The summed E-state index contributed by atoms with van der Waals surface area (Å²) in [5.74, 6) is -0.620. The standard InChI is InChI=1S/C22H20ClN3O4S/c1-14-3-8-20(25-22(28)16-4-9-18(10-5-16)24-15(2)27)13-21(14)31(29,30)26-19-11-6-17(23)7-12-19/h3-13,26H,1-2H3,(H,24,27)(H,25,28). The molecule has 0 aromatic heterocycles. The van der Waals surface area contributed by atoms with Gasteiger partial charge in [0.1, 0.15) is 0 Å². The molecule has 0 fully saturated rings. The van der Waals surface area contributed by atoms with Crippen molar-refractivity contribution in [3.05, 3.63) is 82.9 Å². The van der Waals surface area contributed by atoms with Gasteiger partial charge in [0.2, 0.25) is 5.91 Å². The number of amides is 2. The summed E-state index contributed by atoms with van der Waals surface area (Å²) in [5, 5.41) is 5.81. The van der Waals surface area contributed by atoms with Gasteiger partial charge >= 0.3 is 0 Å². The van der Waals surface area contributed by atoms with Gasteiger partial charge in [0.25, 0.3) is 15.9 Å². The average Bonchev–Trinajstić information content (AvgIpc) is 2.71. The molecular formula is C22H20ClN3O4S. The lowest BCUT2D eigenvalue weighted by molar-refractivity contribution is -0.114. The number of aryl methyl sites for hydroxylation is 1. The molecular weight excluding hydrogens is 438 g/mol. The zero-order valence-corrected chi connectivity index (χ0v) is 18.3. The first-order chi connectivity index (χ1) is 14.6. The van der Waals surface area contributed by atoms with E-state index in [-0.39, 0.29) is 10.8 Å². The number of hydrogen-bond acceptors (Lipinski definition) is 4. The summed E-state index contributed by atoms with van der Waals surface area (Å²) in [6, 6.07) is 17.3. The molecule has 3 N–H and O–H groups in total. The minimum atomic E-state index is -3.88. The van der Waals surface area contributed by atoms with E-state index in [1.165, 1.54) is 13.0 Å². The van der Waals surface area contributed by atoms with E-state index in [1.54, 1.807) is 67.6 Å². The first kappa shape index (κ1) is 22.3. The van der Waals surface area contributed by atoms with E-state index >= 15 is 0 Å². The van der Waals surface area contributed by atoms with Crippen LogP contribution in [0.15, 0.2) is 71.6 Å². The van der Waals surface area contributed by atoms with Crippen LogP contribution < -0.4 is 15.4 Å². The smallest absolute Gasteiger partial charge is 0.262 e. The molecule has 9 heteroatoms. The van der Waals surface area contributed by atoms with Crippen LogP contribution in [0.3, 0.4) is 0 Å². The molecule has 7 nitrogen and oxygen atoms in total. The molecule has 0 radical (unpaired) electrons. The highest BCUT2D eigenvalue weighted by Gasteiger charge is 2.18. The Hall–Kier alpha value is -3.36. The van der Waals surface area contributed by atoms with Gasteiger partial charge in [-0.25, -0.2) is 8.42 Å². The van der Waals surface area contributed by atoms with Gasteiger partial charge in [-0.2, -0.15) is 0 Å². The minimum Gasteiger partial charge on any atom is -0.326 e. The van der Waals surface area contributed by atoms with E-state index in [4.69, 9.17) is 11.6 Å². The van der Waals surface area contributed by atoms with Crippen LogP contribution in [0.5, 0.6) is 0 Å². The highest BCUT2D eigenvalue weighted by atomic mass is 35.5. The van der Waals surface area contributed by atoms with Crippen LogP contribution in [0.25, 0.3) is 0 Å². The van der Waals surface area contributed by atoms with Crippen molar-refractivity contribution in [1.29, 1.82) is 0 Å². The van der Waals surface area contributed by atoms with Crippen molar-refractivity contribution in [2.24, 2.45) is 0 Å². The Bertz CT molecular complexity index is 1220. The van der Waals surface area contributed by atoms with Gasteiger partial charge in [-0.15, -0.1) is 0 Å². The lowest BCUT2D eigenvalue weighted by Gasteiger charge is -2.13. The first-order valence-electron chi connectivity index (χ1n) is 9.22. The fourth-order valence-electron chi connectivity index (χ4n) is 2.81. The number of halogens is 1. The van der Waals surface area contributed by atoms with E-state index in [0.29, 0.717) is 33.2 Å². The Labute approximate surface area is 185 Å². The molecule has 0 heterocycles. The quantitative estimate of drug-likeness (QED) is 0.500. The van der Waals surface area contributed by atoms with Crippen molar-refractivity contribution in [3.63, 3.8) is 0 Å². The molecule has 0 unspecified atom stereocenters. The second kappa shape index (κ2) is 9.20. The van der Waals surface area contributed by atoms with Crippen LogP contribution >= 0.6 is 11.6 Å². The topological polar surface area (TPSA) is 104 Å². The van der Waals surface area contributed by atoms with Crippen molar-refractivity contribution in [2.45, 2.75) is 18.7 Å². The second-order valence-corrected chi connectivity index (χ2v) is 8.89. The summed E-state index contributed by atoms with van der Waals surface area (Å²) in [5.41, 5.74) is 2.16. The molecule has 0 spiro atoms. The molecule has 0 atom stereocenters. The third kappa shape index (κ3) is 5.84. The van der Waals surface area contributed by atoms with Crippen molar-refractivity contribution >= 4 is 50.5 Å². The third-order valence-electron chi connectivity index (χ3n) is 4.30. The molecule has 0 saturated carbocycles. The number of carbonyl (C=O) groups is 2. The van der Waals surface area contributed by atoms with Gasteiger partial charge in [-0.3, -0.25) is 14.3 Å². The van der Waals surface area contributed by atoms with Crippen molar-refractivity contribution in [3.8, 4) is 0 Å². The molecule has 3 aromatic carbocycles. The zero-order chi connectivity index (χ0) is 22.6. The van der Waals surface area contributed by atoms with Gasteiger partial charge in [-0.05, 0) is 73.2 Å². The van der Waals surface area contributed by atoms with Gasteiger partial charge in [0.15, 0.2) is 0 Å². The Balaban J connectivity index is 1.79. The van der Waals surface area contributed by atoms with Crippen LogP contribution in [-0.2, 0) is 14.8 Å². The normalized spacial score (nSPS) is 10.9. The van der Waals surface area contributed by atoms with Gasteiger partial charge in [0, 0.05) is 34.6 Å². The van der Waals surface area contributed by atoms with Crippen LogP contribution in [0.2, 0.25) is 5.02 Å². The molecule has 0 aliphatic rings. The summed E-state index contributed by atoms with van der Waals surface area (Å²) in [6.07, 6.45) is 0. The zero-order valence-electron chi connectivity index (χ0n) is 16.8. The highest BCUT2D eigenvalue weighted by molar-refractivity contribution is 7.92. The Kier molecular flexibility index (Phi) is 6.62. The predicted octanol–water partition coefficient (Wildman–Crippen LogP) is 4.66. The van der Waals surface area contributed by atoms with Crippen LogP contribution in [0.1, 0.15) is 22.8 Å². The summed E-state index contributed by atoms with van der Waals surface area (Å²) < 4.78 is 28.2. The molecule has 3 aromatic rings. The molecule has 2 amide bonds. The van der Waals surface area contributed by atoms with Gasteiger partial charge < -0.3 is 10.6 Å². The summed E-state index contributed by atoms with van der Waals surface area (Å²) in [7, 11) is -3.88. The number of carbonyl (C=O) groups excluding carboxylic acids is 2. The van der Waals surface area contributed by atoms with E-state index in [0.717, 1.165) is 0 Å². The van der Waals surface area contributed by atoms with E-state index in [9.17, 15) is 18.0 Å². The Morgan fingerprint density at radius 1 is 0.806 bits per heavy atom. The summed E-state index contributed by atoms with van der Waals surface area (Å²) in [6.45, 7) is 3.06. The lowest BCUT2D eigenvalue weighted by atomic mass is 10.1.